The molecule has 2 aromatic carbocycles. The lowest BCUT2D eigenvalue weighted by molar-refractivity contribution is -0.117. The summed E-state index contributed by atoms with van der Waals surface area (Å²) in [6.45, 7) is 1.51. The summed E-state index contributed by atoms with van der Waals surface area (Å²) in [6.07, 6.45) is 0. The fourth-order valence-electron chi connectivity index (χ4n) is 3.19. The minimum absolute atomic E-state index is 0.263. The van der Waals surface area contributed by atoms with Crippen molar-refractivity contribution < 1.29 is 14.3 Å². The van der Waals surface area contributed by atoms with Crippen LogP contribution in [0.4, 0.5) is 5.69 Å². The monoisotopic (exact) mass is 449 g/mol. The van der Waals surface area contributed by atoms with E-state index in [0.717, 1.165) is 15.3 Å². The smallest absolute Gasteiger partial charge is 0.294 e. The molecule has 0 unspecified atom stereocenters. The Balaban J connectivity index is 1.69. The van der Waals surface area contributed by atoms with Gasteiger partial charge in [-0.15, -0.1) is 11.3 Å². The molecule has 0 saturated carbocycles. The number of carbonyl (C=O) groups excluding carboxylic acids is 2. The van der Waals surface area contributed by atoms with Crippen LogP contribution in [-0.2, 0) is 11.3 Å². The minimum Gasteiger partial charge on any atom is -0.497 e. The second kappa shape index (κ2) is 8.60. The number of primary amides is 1. The third kappa shape index (κ3) is 4.21. The molecule has 2 heterocycles. The third-order valence-corrected chi connectivity index (χ3v) is 5.67. The number of aryl methyl sites for hydroxylation is 1. The van der Waals surface area contributed by atoms with Crippen molar-refractivity contribution in [3.05, 3.63) is 69.5 Å². The van der Waals surface area contributed by atoms with E-state index in [1.165, 1.54) is 23.5 Å². The van der Waals surface area contributed by atoms with Gasteiger partial charge in [0, 0.05) is 16.8 Å². The van der Waals surface area contributed by atoms with Crippen LogP contribution >= 0.6 is 11.3 Å². The van der Waals surface area contributed by atoms with Gasteiger partial charge >= 0.3 is 0 Å². The molecule has 0 saturated heterocycles. The maximum absolute atomic E-state index is 12.9. The fraction of sp³-hybridized carbons (Fsp3) is 0.136. The van der Waals surface area contributed by atoms with E-state index in [1.54, 1.807) is 19.2 Å². The zero-order valence-corrected chi connectivity index (χ0v) is 18.1. The highest BCUT2D eigenvalue weighted by atomic mass is 32.1. The summed E-state index contributed by atoms with van der Waals surface area (Å²) in [4.78, 5) is 41.1. The molecular weight excluding hydrogens is 430 g/mol. The number of anilines is 1. The number of amides is 2. The van der Waals surface area contributed by atoms with E-state index in [4.69, 9.17) is 10.5 Å². The molecule has 4 aromatic rings. The predicted octanol–water partition coefficient (Wildman–Crippen LogP) is 2.57. The van der Waals surface area contributed by atoms with Crippen molar-refractivity contribution in [3.63, 3.8) is 0 Å². The normalized spacial score (nSPS) is 10.8. The van der Waals surface area contributed by atoms with E-state index in [1.807, 2.05) is 31.2 Å². The van der Waals surface area contributed by atoms with Crippen LogP contribution in [0.3, 0.4) is 0 Å². The number of carbonyl (C=O) groups is 2. The Kier molecular flexibility index (Phi) is 5.69. The van der Waals surface area contributed by atoms with Gasteiger partial charge in [-0.05, 0) is 43.3 Å². The molecule has 3 N–H and O–H groups in total. The quantitative estimate of drug-likeness (QED) is 0.465. The van der Waals surface area contributed by atoms with Crippen LogP contribution in [0.25, 0.3) is 21.5 Å². The van der Waals surface area contributed by atoms with Crippen molar-refractivity contribution in [1.82, 2.24) is 14.8 Å². The SMILES string of the molecule is COc1cccc(-c2nn(CC(=O)Nc3ccc(C(N)=O)cc3)c(=O)c3nc(C)sc23)c1. The van der Waals surface area contributed by atoms with E-state index in [-0.39, 0.29) is 12.1 Å². The molecule has 0 aliphatic heterocycles. The van der Waals surface area contributed by atoms with E-state index >= 15 is 0 Å². The van der Waals surface area contributed by atoms with Crippen molar-refractivity contribution in [2.24, 2.45) is 5.73 Å². The van der Waals surface area contributed by atoms with Crippen molar-refractivity contribution in [2.75, 3.05) is 12.4 Å². The number of nitrogens with two attached hydrogens (primary N) is 1. The molecule has 0 fully saturated rings. The van der Waals surface area contributed by atoms with Gasteiger partial charge < -0.3 is 15.8 Å². The summed E-state index contributed by atoms with van der Waals surface area (Å²) in [5, 5.41) is 7.88. The Labute approximate surface area is 186 Å². The molecule has 0 aliphatic carbocycles. The van der Waals surface area contributed by atoms with Crippen LogP contribution in [-0.4, -0.2) is 33.7 Å². The lowest BCUT2D eigenvalue weighted by Crippen LogP contribution is -2.30. The number of nitrogens with one attached hydrogen (secondary N) is 1. The van der Waals surface area contributed by atoms with E-state index in [2.05, 4.69) is 15.4 Å². The average molecular weight is 449 g/mol. The molecule has 2 aromatic heterocycles. The number of aromatic nitrogens is 3. The Morgan fingerprint density at radius 3 is 2.62 bits per heavy atom. The number of nitrogens with zero attached hydrogens (tertiary/aromatic N) is 3. The summed E-state index contributed by atoms with van der Waals surface area (Å²) >= 11 is 1.37. The first-order valence-corrected chi connectivity index (χ1v) is 10.4. The van der Waals surface area contributed by atoms with Crippen LogP contribution in [0.2, 0.25) is 0 Å². The van der Waals surface area contributed by atoms with Crippen molar-refractivity contribution in [2.45, 2.75) is 13.5 Å². The molecule has 9 nitrogen and oxygen atoms in total. The fourth-order valence-corrected chi connectivity index (χ4v) is 4.10. The highest BCUT2D eigenvalue weighted by molar-refractivity contribution is 7.19. The number of rotatable bonds is 6. The lowest BCUT2D eigenvalue weighted by atomic mass is 10.1. The van der Waals surface area contributed by atoms with E-state index < -0.39 is 17.4 Å². The van der Waals surface area contributed by atoms with Gasteiger partial charge in [0.05, 0.1) is 16.8 Å². The third-order valence-electron chi connectivity index (χ3n) is 4.70. The Morgan fingerprint density at radius 1 is 1.19 bits per heavy atom. The first kappa shape index (κ1) is 21.2. The highest BCUT2D eigenvalue weighted by Crippen LogP contribution is 2.31. The number of ether oxygens (including phenoxy) is 1. The molecule has 0 spiro atoms. The number of fused-ring (bicyclic) bond motifs is 1. The standard InChI is InChI=1S/C22H19N5O4S/c1-12-24-19-20(32-12)18(14-4-3-5-16(10-14)31-2)26-27(22(19)30)11-17(28)25-15-8-6-13(7-9-15)21(23)29/h3-10H,11H2,1-2H3,(H2,23,29)(H,25,28). The maximum atomic E-state index is 12.9. The molecule has 162 valence electrons. The van der Waals surface area contributed by atoms with Crippen molar-refractivity contribution in [1.29, 1.82) is 0 Å². The number of hydrogen-bond donors (Lipinski definition) is 2. The predicted molar refractivity (Wildman–Crippen MR) is 122 cm³/mol. The van der Waals surface area contributed by atoms with Gasteiger partial charge in [-0.2, -0.15) is 5.10 Å². The summed E-state index contributed by atoms with van der Waals surface area (Å²) in [5.74, 6) is -0.363. The number of hydrogen-bond acceptors (Lipinski definition) is 7. The highest BCUT2D eigenvalue weighted by Gasteiger charge is 2.18. The van der Waals surface area contributed by atoms with E-state index in [0.29, 0.717) is 27.4 Å². The van der Waals surface area contributed by atoms with Gasteiger partial charge in [0.25, 0.3) is 5.56 Å². The minimum atomic E-state index is -0.560. The molecule has 0 radical (unpaired) electrons. The Morgan fingerprint density at radius 2 is 1.94 bits per heavy atom. The summed E-state index contributed by atoms with van der Waals surface area (Å²) in [5.41, 5.74) is 7.12. The molecule has 2 amide bonds. The lowest BCUT2D eigenvalue weighted by Gasteiger charge is -2.10. The van der Waals surface area contributed by atoms with Gasteiger partial charge in [-0.3, -0.25) is 14.4 Å². The number of benzene rings is 2. The molecule has 0 atom stereocenters. The van der Waals surface area contributed by atoms with Gasteiger partial charge in [0.1, 0.15) is 18.0 Å². The summed E-state index contributed by atoms with van der Waals surface area (Å²) in [7, 11) is 1.57. The average Bonchev–Trinajstić information content (AvgIpc) is 3.18. The van der Waals surface area contributed by atoms with E-state index in [9.17, 15) is 14.4 Å². The number of methoxy groups -OCH3 is 1. The van der Waals surface area contributed by atoms with Crippen LogP contribution in [0.5, 0.6) is 5.75 Å². The second-order valence-corrected chi connectivity index (χ2v) is 8.15. The maximum Gasteiger partial charge on any atom is 0.294 e. The molecule has 4 rings (SSSR count). The van der Waals surface area contributed by atoms with Crippen LogP contribution < -0.4 is 21.3 Å². The molecule has 32 heavy (non-hydrogen) atoms. The molecule has 0 bridgehead atoms. The molecular formula is C22H19N5O4S. The number of thiazole rings is 1. The van der Waals surface area contributed by atoms with Gasteiger partial charge in [-0.1, -0.05) is 12.1 Å². The van der Waals surface area contributed by atoms with Gasteiger partial charge in [0.15, 0.2) is 5.52 Å². The van der Waals surface area contributed by atoms with Gasteiger partial charge in [-0.25, -0.2) is 9.67 Å². The topological polar surface area (TPSA) is 129 Å². The van der Waals surface area contributed by atoms with Crippen molar-refractivity contribution >= 4 is 39.1 Å². The zero-order chi connectivity index (χ0) is 22.8. The van der Waals surface area contributed by atoms with Crippen LogP contribution in [0.1, 0.15) is 15.4 Å². The summed E-state index contributed by atoms with van der Waals surface area (Å²) < 4.78 is 7.05. The summed E-state index contributed by atoms with van der Waals surface area (Å²) in [6, 6.07) is 13.4. The zero-order valence-electron chi connectivity index (χ0n) is 17.3. The largest absolute Gasteiger partial charge is 0.497 e. The Hall–Kier alpha value is -4.05. The molecule has 0 aliphatic rings. The van der Waals surface area contributed by atoms with Crippen molar-refractivity contribution in [3.8, 4) is 17.0 Å². The Bertz CT molecular complexity index is 1390. The van der Waals surface area contributed by atoms with Crippen LogP contribution in [0.15, 0.2) is 53.3 Å². The second-order valence-electron chi connectivity index (χ2n) is 6.94. The molecule has 10 heteroatoms. The first-order chi connectivity index (χ1) is 15.4. The first-order valence-electron chi connectivity index (χ1n) is 9.58. The van der Waals surface area contributed by atoms with Crippen LogP contribution in [0, 0.1) is 6.92 Å². The van der Waals surface area contributed by atoms with Gasteiger partial charge in [0.2, 0.25) is 11.8 Å².